The van der Waals surface area contributed by atoms with Gasteiger partial charge in [-0.3, -0.25) is 24.3 Å². The summed E-state index contributed by atoms with van der Waals surface area (Å²) in [6.45, 7) is 4.26. The molecular formula is C30H30Cl2N4O5. The first-order valence-electron chi connectivity index (χ1n) is 13.3. The monoisotopic (exact) mass is 596 g/mol. The molecule has 4 aromatic rings. The predicted molar refractivity (Wildman–Crippen MR) is 161 cm³/mol. The van der Waals surface area contributed by atoms with Gasteiger partial charge in [0.2, 0.25) is 0 Å². The molecule has 0 aliphatic heterocycles. The van der Waals surface area contributed by atoms with E-state index in [1.54, 1.807) is 61.4 Å². The normalized spacial score (nSPS) is 11.8. The van der Waals surface area contributed by atoms with Crippen molar-refractivity contribution in [2.45, 2.75) is 45.6 Å². The number of nitro benzene ring substituents is 1. The first-order chi connectivity index (χ1) is 19.7. The van der Waals surface area contributed by atoms with Gasteiger partial charge in [0.15, 0.2) is 0 Å². The molecule has 1 atom stereocenters. The van der Waals surface area contributed by atoms with E-state index in [9.17, 15) is 19.7 Å². The molecule has 0 saturated heterocycles. The number of methoxy groups -OCH3 is 1. The number of unbranched alkanes of at least 4 members (excludes halogenated alkanes) is 3. The third-order valence-electron chi connectivity index (χ3n) is 6.94. The van der Waals surface area contributed by atoms with Crippen LogP contribution in [0, 0.1) is 10.1 Å². The van der Waals surface area contributed by atoms with E-state index in [0.29, 0.717) is 46.2 Å². The van der Waals surface area contributed by atoms with Gasteiger partial charge in [-0.05, 0) is 61.9 Å². The Hall–Kier alpha value is -3.95. The standard InChI is InChI=1S/C30H30Cl2N4O5/c1-4-5-6-7-16-34(29(37)24-15-11-22(36(39)40)18-26(24)32)19(2)28-33-27-17-20(31)8-14-25(27)30(38)35(28)21-9-12-23(41-3)13-10-21/h8-15,17-19H,4-7,16H2,1-3H3. The number of hydrogen-bond donors (Lipinski definition) is 0. The second-order valence-electron chi connectivity index (χ2n) is 9.63. The van der Waals surface area contributed by atoms with Crippen molar-refractivity contribution in [3.63, 3.8) is 0 Å². The molecule has 0 aliphatic carbocycles. The Balaban J connectivity index is 1.88. The molecule has 1 amide bonds. The summed E-state index contributed by atoms with van der Waals surface area (Å²) in [5.41, 5.74) is 0.553. The van der Waals surface area contributed by atoms with Crippen LogP contribution in [0.25, 0.3) is 16.6 Å². The molecule has 11 heteroatoms. The van der Waals surface area contributed by atoms with Gasteiger partial charge in [0.25, 0.3) is 17.2 Å². The van der Waals surface area contributed by atoms with Gasteiger partial charge < -0.3 is 9.64 Å². The molecule has 214 valence electrons. The topological polar surface area (TPSA) is 108 Å². The molecular weight excluding hydrogens is 567 g/mol. The lowest BCUT2D eigenvalue weighted by Crippen LogP contribution is -2.38. The molecule has 0 aliphatic rings. The summed E-state index contributed by atoms with van der Waals surface area (Å²) in [5, 5.41) is 12.0. The Morgan fingerprint density at radius 3 is 2.44 bits per heavy atom. The number of benzene rings is 3. The Bertz CT molecular complexity index is 1640. The molecule has 41 heavy (non-hydrogen) atoms. The zero-order valence-electron chi connectivity index (χ0n) is 23.0. The second kappa shape index (κ2) is 13.1. The van der Waals surface area contributed by atoms with Gasteiger partial charge in [-0.1, -0.05) is 49.4 Å². The molecule has 0 saturated carbocycles. The largest absolute Gasteiger partial charge is 0.497 e. The molecule has 0 radical (unpaired) electrons. The maximum absolute atomic E-state index is 14.0. The number of carbonyl (C=O) groups excluding carboxylic acids is 1. The molecule has 1 unspecified atom stereocenters. The van der Waals surface area contributed by atoms with Gasteiger partial charge in [0.1, 0.15) is 11.6 Å². The van der Waals surface area contributed by atoms with E-state index in [0.717, 1.165) is 25.3 Å². The number of aromatic nitrogens is 2. The molecule has 3 aromatic carbocycles. The van der Waals surface area contributed by atoms with E-state index >= 15 is 0 Å². The SMILES string of the molecule is CCCCCCN(C(=O)c1ccc([N+](=O)[O-])cc1Cl)C(C)c1nc2cc(Cl)ccc2c(=O)n1-c1ccc(OC)cc1. The highest BCUT2D eigenvalue weighted by atomic mass is 35.5. The van der Waals surface area contributed by atoms with Crippen molar-refractivity contribution in [2.75, 3.05) is 13.7 Å². The maximum atomic E-state index is 14.0. The summed E-state index contributed by atoms with van der Waals surface area (Å²) in [7, 11) is 1.56. The highest BCUT2D eigenvalue weighted by Gasteiger charge is 2.29. The van der Waals surface area contributed by atoms with Crippen LogP contribution < -0.4 is 10.3 Å². The lowest BCUT2D eigenvalue weighted by Gasteiger charge is -2.31. The smallest absolute Gasteiger partial charge is 0.270 e. The van der Waals surface area contributed by atoms with Gasteiger partial charge >= 0.3 is 0 Å². The fraction of sp³-hybridized carbons (Fsp3) is 0.300. The lowest BCUT2D eigenvalue weighted by atomic mass is 10.1. The summed E-state index contributed by atoms with van der Waals surface area (Å²) >= 11 is 12.6. The summed E-state index contributed by atoms with van der Waals surface area (Å²) in [6, 6.07) is 15.0. The number of nitrogens with zero attached hydrogens (tertiary/aromatic N) is 4. The summed E-state index contributed by atoms with van der Waals surface area (Å²) in [6.07, 6.45) is 3.62. The molecule has 9 nitrogen and oxygen atoms in total. The Morgan fingerprint density at radius 2 is 1.80 bits per heavy atom. The summed E-state index contributed by atoms with van der Waals surface area (Å²) < 4.78 is 6.78. The average molecular weight is 597 g/mol. The fourth-order valence-corrected chi connectivity index (χ4v) is 5.12. The number of rotatable bonds is 11. The van der Waals surface area contributed by atoms with Crippen LogP contribution in [0.2, 0.25) is 10.0 Å². The number of fused-ring (bicyclic) bond motifs is 1. The van der Waals surface area contributed by atoms with Crippen LogP contribution in [0.4, 0.5) is 5.69 Å². The van der Waals surface area contributed by atoms with Crippen LogP contribution in [0.1, 0.15) is 61.8 Å². The minimum Gasteiger partial charge on any atom is -0.497 e. The first-order valence-corrected chi connectivity index (χ1v) is 14.0. The fourth-order valence-electron chi connectivity index (χ4n) is 4.70. The number of halogens is 2. The van der Waals surface area contributed by atoms with E-state index in [1.807, 2.05) is 0 Å². The van der Waals surface area contributed by atoms with Crippen molar-refractivity contribution in [2.24, 2.45) is 0 Å². The highest BCUT2D eigenvalue weighted by molar-refractivity contribution is 6.34. The van der Waals surface area contributed by atoms with Crippen molar-refractivity contribution < 1.29 is 14.5 Å². The average Bonchev–Trinajstić information content (AvgIpc) is 2.96. The van der Waals surface area contributed by atoms with Crippen molar-refractivity contribution >= 4 is 45.7 Å². The van der Waals surface area contributed by atoms with Gasteiger partial charge in [0.05, 0.1) is 45.3 Å². The number of nitro groups is 1. The predicted octanol–water partition coefficient (Wildman–Crippen LogP) is 7.39. The summed E-state index contributed by atoms with van der Waals surface area (Å²) in [4.78, 5) is 45.0. The highest BCUT2D eigenvalue weighted by Crippen LogP contribution is 2.30. The number of non-ortho nitro benzene ring substituents is 1. The van der Waals surface area contributed by atoms with Gasteiger partial charge in [0, 0.05) is 23.7 Å². The van der Waals surface area contributed by atoms with Gasteiger partial charge in [-0.15, -0.1) is 0 Å². The van der Waals surface area contributed by atoms with E-state index in [4.69, 9.17) is 32.9 Å². The molecule has 0 N–H and O–H groups in total. The maximum Gasteiger partial charge on any atom is 0.270 e. The van der Waals surface area contributed by atoms with Crippen molar-refractivity contribution in [1.29, 1.82) is 0 Å². The Morgan fingerprint density at radius 1 is 1.07 bits per heavy atom. The van der Waals surface area contributed by atoms with Crippen LogP contribution in [0.5, 0.6) is 5.75 Å². The first kappa shape index (κ1) is 30.0. The van der Waals surface area contributed by atoms with Crippen LogP contribution in [0.3, 0.4) is 0 Å². The van der Waals surface area contributed by atoms with E-state index in [2.05, 4.69) is 6.92 Å². The number of amides is 1. The number of ether oxygens (including phenoxy) is 1. The zero-order valence-corrected chi connectivity index (χ0v) is 24.5. The molecule has 0 fully saturated rings. The quantitative estimate of drug-likeness (QED) is 0.101. The van der Waals surface area contributed by atoms with Crippen LogP contribution in [-0.2, 0) is 0 Å². The van der Waals surface area contributed by atoms with E-state index in [-0.39, 0.29) is 21.8 Å². The van der Waals surface area contributed by atoms with Crippen molar-refractivity contribution in [3.8, 4) is 11.4 Å². The molecule has 1 aromatic heterocycles. The molecule has 0 bridgehead atoms. The lowest BCUT2D eigenvalue weighted by molar-refractivity contribution is -0.384. The third kappa shape index (κ3) is 6.52. The third-order valence-corrected chi connectivity index (χ3v) is 7.48. The van der Waals surface area contributed by atoms with E-state index in [1.165, 1.54) is 16.7 Å². The number of hydrogen-bond acceptors (Lipinski definition) is 6. The molecule has 4 rings (SSSR count). The molecule has 1 heterocycles. The summed E-state index contributed by atoms with van der Waals surface area (Å²) in [5.74, 6) is 0.532. The molecule has 0 spiro atoms. The van der Waals surface area contributed by atoms with Crippen molar-refractivity contribution in [3.05, 3.63) is 103 Å². The van der Waals surface area contributed by atoms with Crippen molar-refractivity contribution in [1.82, 2.24) is 14.5 Å². The minimum absolute atomic E-state index is 0.0271. The minimum atomic E-state index is -0.687. The number of carbonyl (C=O) groups is 1. The van der Waals surface area contributed by atoms with Gasteiger partial charge in [-0.2, -0.15) is 0 Å². The second-order valence-corrected chi connectivity index (χ2v) is 10.5. The van der Waals surface area contributed by atoms with Crippen LogP contribution in [0.15, 0.2) is 65.5 Å². The Kier molecular flexibility index (Phi) is 9.62. The van der Waals surface area contributed by atoms with Crippen LogP contribution in [-0.4, -0.2) is 38.9 Å². The van der Waals surface area contributed by atoms with Crippen LogP contribution >= 0.6 is 23.2 Å². The van der Waals surface area contributed by atoms with E-state index < -0.39 is 16.9 Å². The zero-order chi connectivity index (χ0) is 29.7. The van der Waals surface area contributed by atoms with Gasteiger partial charge in [-0.25, -0.2) is 4.98 Å². The Labute approximate surface area is 247 Å².